The molecule has 0 saturated carbocycles. The van der Waals surface area contributed by atoms with Crippen molar-refractivity contribution in [2.24, 2.45) is 0 Å². The molecule has 2 atom stereocenters. The molecule has 9 heteroatoms. The number of hydrogen-bond acceptors (Lipinski definition) is 7. The van der Waals surface area contributed by atoms with Crippen LogP contribution >= 0.6 is 0 Å². The number of ether oxygens (including phenoxy) is 2. The lowest BCUT2D eigenvalue weighted by Crippen LogP contribution is -2.37. The molecule has 2 heterocycles. The smallest absolute Gasteiger partial charge is 0.419 e. The average molecular weight is 498 g/mol. The lowest BCUT2D eigenvalue weighted by molar-refractivity contribution is 0.0526. The van der Waals surface area contributed by atoms with Crippen molar-refractivity contribution < 1.29 is 19.1 Å². The Morgan fingerprint density at radius 2 is 1.78 bits per heavy atom. The van der Waals surface area contributed by atoms with E-state index in [0.717, 1.165) is 11.1 Å². The van der Waals surface area contributed by atoms with Crippen molar-refractivity contribution in [2.45, 2.75) is 51.5 Å². The molecule has 0 spiro atoms. The average Bonchev–Trinajstić information content (AvgIpc) is 3.26. The van der Waals surface area contributed by atoms with Gasteiger partial charge in [0.2, 0.25) is 0 Å². The number of carbonyl (C=O) groups is 2. The zero-order chi connectivity index (χ0) is 26.6. The van der Waals surface area contributed by atoms with Gasteiger partial charge in [0.15, 0.2) is 0 Å². The third-order valence-electron chi connectivity index (χ3n) is 5.81. The van der Waals surface area contributed by atoms with E-state index in [1.165, 1.54) is 4.57 Å². The Kier molecular flexibility index (Phi) is 7.17. The first-order valence-corrected chi connectivity index (χ1v) is 11.8. The van der Waals surface area contributed by atoms with Gasteiger partial charge in [-0.1, -0.05) is 42.5 Å². The van der Waals surface area contributed by atoms with E-state index < -0.39 is 23.8 Å². The number of carbonyl (C=O) groups excluding carboxylic acids is 2. The minimum atomic E-state index is -0.786. The molecule has 0 unspecified atom stereocenters. The SMILES string of the molecule is CC(C)(C)OC(=O)n1c(C#N)cc2c1[C@@H](NC(=O)OCc1ccccc1)C[C@@H](c1ccc(C#N)cc1)N2. The molecule has 1 aliphatic heterocycles. The molecule has 0 saturated heterocycles. The van der Waals surface area contributed by atoms with Crippen LogP contribution in [0.3, 0.4) is 0 Å². The molecular weight excluding hydrogens is 470 g/mol. The Bertz CT molecular complexity index is 1380. The number of fused-ring (bicyclic) bond motifs is 1. The summed E-state index contributed by atoms with van der Waals surface area (Å²) in [6.45, 7) is 5.30. The number of alkyl carbamates (subject to hydrolysis) is 1. The largest absolute Gasteiger partial charge is 0.445 e. The molecular formula is C28H27N5O4. The second-order valence-electron chi connectivity index (χ2n) is 9.68. The van der Waals surface area contributed by atoms with E-state index >= 15 is 0 Å². The van der Waals surface area contributed by atoms with Crippen LogP contribution in [0.1, 0.15) is 67.4 Å². The summed E-state index contributed by atoms with van der Waals surface area (Å²) in [4.78, 5) is 26.0. The molecule has 9 nitrogen and oxygen atoms in total. The highest BCUT2D eigenvalue weighted by Crippen LogP contribution is 2.41. The number of amides is 1. The van der Waals surface area contributed by atoms with Gasteiger partial charge in [0.25, 0.3) is 0 Å². The monoisotopic (exact) mass is 497 g/mol. The van der Waals surface area contributed by atoms with E-state index in [2.05, 4.69) is 22.8 Å². The predicted octanol–water partition coefficient (Wildman–Crippen LogP) is 5.54. The fourth-order valence-corrected chi connectivity index (χ4v) is 4.21. The Labute approximate surface area is 215 Å². The summed E-state index contributed by atoms with van der Waals surface area (Å²) in [7, 11) is 0. The number of nitriles is 2. The summed E-state index contributed by atoms with van der Waals surface area (Å²) in [5.41, 5.74) is 2.48. The number of aromatic nitrogens is 1. The summed E-state index contributed by atoms with van der Waals surface area (Å²) in [6, 6.07) is 21.2. The summed E-state index contributed by atoms with van der Waals surface area (Å²) in [6.07, 6.45) is -1.01. The minimum Gasteiger partial charge on any atom is -0.445 e. The van der Waals surface area contributed by atoms with Crippen LogP contribution in [-0.2, 0) is 16.1 Å². The van der Waals surface area contributed by atoms with Crippen LogP contribution in [0.5, 0.6) is 0 Å². The van der Waals surface area contributed by atoms with Crippen molar-refractivity contribution in [2.75, 3.05) is 5.32 Å². The fourth-order valence-electron chi connectivity index (χ4n) is 4.21. The van der Waals surface area contributed by atoms with Gasteiger partial charge in [-0.05, 0) is 56.5 Å². The molecule has 1 aromatic heterocycles. The standard InChI is InChI=1S/C28H27N5O4/c1-28(2,3)37-27(35)33-21(16-30)13-23-25(33)24(32-26(34)36-17-19-7-5-4-6-8-19)14-22(31-23)20-11-9-18(15-29)10-12-20/h4-13,22,24,31H,14,17H2,1-3H3,(H,32,34)/t22-,24-/m0/s1. The number of rotatable bonds is 4. The van der Waals surface area contributed by atoms with Crippen LogP contribution in [0.4, 0.5) is 15.3 Å². The van der Waals surface area contributed by atoms with Crippen molar-refractivity contribution in [1.29, 1.82) is 10.5 Å². The molecule has 4 rings (SSSR count). The van der Waals surface area contributed by atoms with Gasteiger partial charge in [-0.2, -0.15) is 10.5 Å². The van der Waals surface area contributed by atoms with Crippen LogP contribution in [0, 0.1) is 22.7 Å². The Morgan fingerprint density at radius 1 is 1.08 bits per heavy atom. The van der Waals surface area contributed by atoms with Crippen LogP contribution in [0.25, 0.3) is 0 Å². The highest BCUT2D eigenvalue weighted by molar-refractivity contribution is 5.79. The Morgan fingerprint density at radius 3 is 2.41 bits per heavy atom. The summed E-state index contributed by atoms with van der Waals surface area (Å²) < 4.78 is 12.2. The molecule has 2 N–H and O–H groups in total. The van der Waals surface area contributed by atoms with Gasteiger partial charge in [-0.3, -0.25) is 0 Å². The quantitative estimate of drug-likeness (QED) is 0.484. The molecule has 188 valence electrons. The molecule has 0 radical (unpaired) electrons. The van der Waals surface area contributed by atoms with E-state index in [4.69, 9.17) is 14.7 Å². The third kappa shape index (κ3) is 5.91. The van der Waals surface area contributed by atoms with Gasteiger partial charge >= 0.3 is 12.2 Å². The summed E-state index contributed by atoms with van der Waals surface area (Å²) in [5.74, 6) is 0. The maximum atomic E-state index is 13.1. The van der Waals surface area contributed by atoms with Gasteiger partial charge < -0.3 is 20.1 Å². The van der Waals surface area contributed by atoms with Gasteiger partial charge in [-0.15, -0.1) is 0 Å². The van der Waals surface area contributed by atoms with E-state index in [9.17, 15) is 14.9 Å². The molecule has 1 aliphatic rings. The first-order valence-electron chi connectivity index (χ1n) is 11.8. The van der Waals surface area contributed by atoms with E-state index in [-0.39, 0.29) is 18.3 Å². The molecule has 3 aromatic rings. The number of hydrogen-bond donors (Lipinski definition) is 2. The normalized spacial score (nSPS) is 16.4. The Balaban J connectivity index is 1.67. The van der Waals surface area contributed by atoms with Crippen molar-refractivity contribution in [3.8, 4) is 12.1 Å². The fraction of sp³-hybridized carbons (Fsp3) is 0.286. The Hall–Kier alpha value is -4.76. The second kappa shape index (κ2) is 10.5. The molecule has 0 bridgehead atoms. The highest BCUT2D eigenvalue weighted by Gasteiger charge is 2.36. The van der Waals surface area contributed by atoms with Crippen molar-refractivity contribution in [3.05, 3.63) is 88.7 Å². The topological polar surface area (TPSA) is 129 Å². The zero-order valence-electron chi connectivity index (χ0n) is 20.8. The van der Waals surface area contributed by atoms with Gasteiger partial charge in [-0.25, -0.2) is 14.2 Å². The van der Waals surface area contributed by atoms with Crippen LogP contribution in [-0.4, -0.2) is 22.4 Å². The first kappa shape index (κ1) is 25.3. The first-order chi connectivity index (χ1) is 17.7. The molecule has 1 amide bonds. The summed E-state index contributed by atoms with van der Waals surface area (Å²) in [5, 5.41) is 25.2. The van der Waals surface area contributed by atoms with Crippen LogP contribution < -0.4 is 10.6 Å². The van der Waals surface area contributed by atoms with Crippen LogP contribution in [0.2, 0.25) is 0 Å². The maximum absolute atomic E-state index is 13.1. The maximum Gasteiger partial charge on any atom is 0.419 e. The lowest BCUT2D eigenvalue weighted by Gasteiger charge is -2.33. The van der Waals surface area contributed by atoms with Gasteiger partial charge in [0.1, 0.15) is 24.0 Å². The van der Waals surface area contributed by atoms with E-state index in [0.29, 0.717) is 23.4 Å². The van der Waals surface area contributed by atoms with E-state index in [1.807, 2.05) is 42.5 Å². The molecule has 0 fully saturated rings. The number of nitrogens with one attached hydrogen (secondary N) is 2. The predicted molar refractivity (Wildman–Crippen MR) is 135 cm³/mol. The number of nitrogens with zero attached hydrogens (tertiary/aromatic N) is 3. The lowest BCUT2D eigenvalue weighted by atomic mass is 9.92. The number of anilines is 1. The van der Waals surface area contributed by atoms with Crippen molar-refractivity contribution >= 4 is 17.9 Å². The van der Waals surface area contributed by atoms with Gasteiger partial charge in [0.05, 0.1) is 35.1 Å². The number of benzene rings is 2. The summed E-state index contributed by atoms with van der Waals surface area (Å²) >= 11 is 0. The van der Waals surface area contributed by atoms with E-state index in [1.54, 1.807) is 39.0 Å². The molecule has 0 aliphatic carbocycles. The van der Waals surface area contributed by atoms with Gasteiger partial charge in [0, 0.05) is 0 Å². The highest BCUT2D eigenvalue weighted by atomic mass is 16.6. The third-order valence-corrected chi connectivity index (χ3v) is 5.81. The second-order valence-corrected chi connectivity index (χ2v) is 9.68. The molecule has 2 aromatic carbocycles. The van der Waals surface area contributed by atoms with Crippen molar-refractivity contribution in [1.82, 2.24) is 9.88 Å². The van der Waals surface area contributed by atoms with Crippen molar-refractivity contribution in [3.63, 3.8) is 0 Å². The minimum absolute atomic E-state index is 0.0803. The zero-order valence-corrected chi connectivity index (χ0v) is 20.8. The molecule has 37 heavy (non-hydrogen) atoms. The van der Waals surface area contributed by atoms with Crippen LogP contribution in [0.15, 0.2) is 60.7 Å².